The van der Waals surface area contributed by atoms with E-state index in [1.807, 2.05) is 11.8 Å². The Morgan fingerprint density at radius 3 is 2.48 bits per heavy atom. The van der Waals surface area contributed by atoms with Crippen LogP contribution in [0.5, 0.6) is 0 Å². The van der Waals surface area contributed by atoms with Crippen molar-refractivity contribution in [2.24, 2.45) is 5.92 Å². The number of nitrogens with one attached hydrogen (secondary N) is 2. The molecule has 3 N–H and O–H groups in total. The Kier molecular flexibility index (Phi) is 5.78. The fourth-order valence-corrected chi connectivity index (χ4v) is 3.29. The van der Waals surface area contributed by atoms with Crippen LogP contribution in [0, 0.1) is 5.92 Å². The number of halogens is 2. The molecule has 0 aromatic rings. The molecule has 0 aromatic carbocycles. The summed E-state index contributed by atoms with van der Waals surface area (Å²) >= 11 is 0. The number of carboxylic acid groups (broad SMARTS) is 1. The summed E-state index contributed by atoms with van der Waals surface area (Å²) in [6, 6.07) is -0.0321. The third-order valence-electron chi connectivity index (χ3n) is 4.72. The molecule has 0 bridgehead atoms. The standard InChI is InChI=1S/C15H25F2N3O3/c1-2-20(9-13(21)22)12-5-11(6-12)19-14(23)18-4-3-10-7-15(16,17)8-10/h10-12H,2-9H2,1H3,(H,21,22)(H2,18,19,23). The van der Waals surface area contributed by atoms with Crippen molar-refractivity contribution in [1.29, 1.82) is 0 Å². The van der Waals surface area contributed by atoms with Crippen molar-refractivity contribution in [1.82, 2.24) is 15.5 Å². The first-order chi connectivity index (χ1) is 10.8. The van der Waals surface area contributed by atoms with Gasteiger partial charge >= 0.3 is 12.0 Å². The number of urea groups is 1. The maximum Gasteiger partial charge on any atom is 0.317 e. The van der Waals surface area contributed by atoms with E-state index >= 15 is 0 Å². The number of carbonyl (C=O) groups is 2. The molecular weight excluding hydrogens is 308 g/mol. The lowest BCUT2D eigenvalue weighted by Crippen LogP contribution is -2.56. The number of rotatable bonds is 8. The zero-order valence-corrected chi connectivity index (χ0v) is 13.4. The lowest BCUT2D eigenvalue weighted by Gasteiger charge is -2.42. The zero-order valence-electron chi connectivity index (χ0n) is 13.4. The predicted octanol–water partition coefficient (Wildman–Crippen LogP) is 1.66. The zero-order chi connectivity index (χ0) is 17.0. The molecule has 2 fully saturated rings. The summed E-state index contributed by atoms with van der Waals surface area (Å²) in [4.78, 5) is 24.3. The second kappa shape index (κ2) is 7.42. The van der Waals surface area contributed by atoms with Gasteiger partial charge in [0.15, 0.2) is 0 Å². The molecule has 0 unspecified atom stereocenters. The molecule has 2 aliphatic carbocycles. The van der Waals surface area contributed by atoms with Gasteiger partial charge in [0.05, 0.1) is 6.54 Å². The van der Waals surface area contributed by atoms with Gasteiger partial charge in [-0.15, -0.1) is 0 Å². The number of nitrogens with zero attached hydrogens (tertiary/aromatic N) is 1. The minimum absolute atomic E-state index is 0.00696. The number of hydrogen-bond acceptors (Lipinski definition) is 3. The highest BCUT2D eigenvalue weighted by Crippen LogP contribution is 2.43. The van der Waals surface area contributed by atoms with Crippen LogP contribution in [-0.4, -0.2) is 59.6 Å². The Balaban J connectivity index is 1.54. The molecule has 8 heteroatoms. The van der Waals surface area contributed by atoms with Crippen LogP contribution in [0.2, 0.25) is 0 Å². The summed E-state index contributed by atoms with van der Waals surface area (Å²) in [6.45, 7) is 3.01. The lowest BCUT2D eigenvalue weighted by atomic mass is 9.79. The van der Waals surface area contributed by atoms with Gasteiger partial charge in [-0.1, -0.05) is 6.92 Å². The Hall–Kier alpha value is -1.44. The van der Waals surface area contributed by atoms with Crippen LogP contribution >= 0.6 is 0 Å². The number of aliphatic carboxylic acids is 1. The summed E-state index contributed by atoms with van der Waals surface area (Å²) in [5.41, 5.74) is 0. The van der Waals surface area contributed by atoms with Crippen molar-refractivity contribution in [3.05, 3.63) is 0 Å². The van der Waals surface area contributed by atoms with E-state index in [9.17, 15) is 18.4 Å². The summed E-state index contributed by atoms with van der Waals surface area (Å²) in [7, 11) is 0. The molecule has 0 radical (unpaired) electrons. The highest BCUT2D eigenvalue weighted by Gasteiger charge is 2.44. The van der Waals surface area contributed by atoms with Crippen molar-refractivity contribution in [2.75, 3.05) is 19.6 Å². The third-order valence-corrected chi connectivity index (χ3v) is 4.72. The van der Waals surface area contributed by atoms with Crippen LogP contribution in [0.1, 0.15) is 39.0 Å². The SMILES string of the molecule is CCN(CC(=O)O)C1CC(NC(=O)NCCC2CC(F)(F)C2)C1. The van der Waals surface area contributed by atoms with E-state index in [4.69, 9.17) is 5.11 Å². The topological polar surface area (TPSA) is 81.7 Å². The van der Waals surface area contributed by atoms with E-state index in [0.29, 0.717) is 19.5 Å². The van der Waals surface area contributed by atoms with Gasteiger partial charge in [0.2, 0.25) is 5.92 Å². The van der Waals surface area contributed by atoms with Gasteiger partial charge in [-0.25, -0.2) is 13.6 Å². The van der Waals surface area contributed by atoms with E-state index in [0.717, 1.165) is 12.8 Å². The van der Waals surface area contributed by atoms with Gasteiger partial charge in [0.1, 0.15) is 0 Å². The van der Waals surface area contributed by atoms with E-state index in [-0.39, 0.29) is 43.4 Å². The van der Waals surface area contributed by atoms with E-state index < -0.39 is 11.9 Å². The molecule has 2 amide bonds. The average molecular weight is 333 g/mol. The van der Waals surface area contributed by atoms with Crippen molar-refractivity contribution >= 4 is 12.0 Å². The number of likely N-dealkylation sites (N-methyl/N-ethyl adjacent to an activating group) is 1. The van der Waals surface area contributed by atoms with Crippen LogP contribution in [-0.2, 0) is 4.79 Å². The van der Waals surface area contributed by atoms with Gasteiger partial charge in [-0.05, 0) is 31.7 Å². The average Bonchev–Trinajstić information content (AvgIpc) is 2.37. The Bertz CT molecular complexity index is 434. The van der Waals surface area contributed by atoms with Gasteiger partial charge < -0.3 is 15.7 Å². The van der Waals surface area contributed by atoms with Gasteiger partial charge in [0, 0.05) is 31.5 Å². The van der Waals surface area contributed by atoms with Crippen LogP contribution < -0.4 is 10.6 Å². The Morgan fingerprint density at radius 2 is 1.96 bits per heavy atom. The van der Waals surface area contributed by atoms with Gasteiger partial charge in [-0.3, -0.25) is 9.69 Å². The molecule has 0 aliphatic heterocycles. The number of carbonyl (C=O) groups excluding carboxylic acids is 1. The predicted molar refractivity (Wildman–Crippen MR) is 80.5 cm³/mol. The molecule has 0 aromatic heterocycles. The number of amides is 2. The molecule has 0 spiro atoms. The first-order valence-electron chi connectivity index (χ1n) is 8.17. The summed E-state index contributed by atoms with van der Waals surface area (Å²) < 4.78 is 25.3. The second-order valence-electron chi connectivity index (χ2n) is 6.60. The molecule has 2 aliphatic rings. The number of carboxylic acids is 1. The first kappa shape index (κ1) is 17.9. The summed E-state index contributed by atoms with van der Waals surface area (Å²) in [6.07, 6.45) is 1.92. The van der Waals surface area contributed by atoms with E-state index in [1.54, 1.807) is 0 Å². The van der Waals surface area contributed by atoms with Crippen molar-refractivity contribution in [3.63, 3.8) is 0 Å². The quantitative estimate of drug-likeness (QED) is 0.631. The smallest absolute Gasteiger partial charge is 0.317 e. The molecule has 132 valence electrons. The number of hydrogen-bond donors (Lipinski definition) is 3. The highest BCUT2D eigenvalue weighted by atomic mass is 19.3. The third kappa shape index (κ3) is 5.30. The number of alkyl halides is 2. The first-order valence-corrected chi connectivity index (χ1v) is 8.17. The van der Waals surface area contributed by atoms with Gasteiger partial charge in [-0.2, -0.15) is 0 Å². The van der Waals surface area contributed by atoms with Crippen LogP contribution in [0.4, 0.5) is 13.6 Å². The largest absolute Gasteiger partial charge is 0.480 e. The molecule has 6 nitrogen and oxygen atoms in total. The Labute approximate surface area is 134 Å². The second-order valence-corrected chi connectivity index (χ2v) is 6.60. The summed E-state index contributed by atoms with van der Waals surface area (Å²) in [5.74, 6) is -3.34. The monoisotopic (exact) mass is 333 g/mol. The minimum Gasteiger partial charge on any atom is -0.480 e. The van der Waals surface area contributed by atoms with Crippen LogP contribution in [0.3, 0.4) is 0 Å². The van der Waals surface area contributed by atoms with Crippen molar-refractivity contribution < 1.29 is 23.5 Å². The maximum atomic E-state index is 12.7. The van der Waals surface area contributed by atoms with E-state index in [1.165, 1.54) is 0 Å². The van der Waals surface area contributed by atoms with E-state index in [2.05, 4.69) is 10.6 Å². The van der Waals surface area contributed by atoms with Gasteiger partial charge in [0.25, 0.3) is 0 Å². The molecule has 0 saturated heterocycles. The maximum absolute atomic E-state index is 12.7. The van der Waals surface area contributed by atoms with Crippen LogP contribution in [0.15, 0.2) is 0 Å². The minimum atomic E-state index is -2.50. The molecule has 0 heterocycles. The molecular formula is C15H25F2N3O3. The molecule has 0 atom stereocenters. The normalized spacial score (nSPS) is 26.3. The van der Waals surface area contributed by atoms with Crippen molar-refractivity contribution in [3.8, 4) is 0 Å². The highest BCUT2D eigenvalue weighted by molar-refractivity contribution is 5.74. The lowest BCUT2D eigenvalue weighted by molar-refractivity contribution is -0.139. The van der Waals surface area contributed by atoms with Crippen LogP contribution in [0.25, 0.3) is 0 Å². The van der Waals surface area contributed by atoms with Crippen molar-refractivity contribution in [2.45, 2.75) is 57.0 Å². The molecule has 2 saturated carbocycles. The molecule has 2 rings (SSSR count). The fraction of sp³-hybridized carbons (Fsp3) is 0.867. The fourth-order valence-electron chi connectivity index (χ4n) is 3.29. The molecule has 23 heavy (non-hydrogen) atoms. The summed E-state index contributed by atoms with van der Waals surface area (Å²) in [5, 5.41) is 14.4. The Morgan fingerprint density at radius 1 is 1.30 bits per heavy atom.